The zero-order valence-corrected chi connectivity index (χ0v) is 12.7. The Labute approximate surface area is 127 Å². The molecule has 2 rings (SSSR count). The first-order valence-corrected chi connectivity index (χ1v) is 6.99. The van der Waals surface area contributed by atoms with Crippen LogP contribution < -0.4 is 9.47 Å². The van der Waals surface area contributed by atoms with Crippen LogP contribution >= 0.6 is 0 Å². The zero-order valence-electron chi connectivity index (χ0n) is 12.7. The Hall–Kier alpha value is -1.89. The third-order valence-electron chi connectivity index (χ3n) is 3.34. The summed E-state index contributed by atoms with van der Waals surface area (Å²) in [4.78, 5) is 14.2. The first kappa shape index (κ1) is 16.5. The standard InChI is InChI=1S/C15H19F2NO4/c1-9-7-18(8-10(2)21-9)14(19)11-5-4-6-12(20-3)13(11)22-15(16)17/h4-6,9-10,15H,7-8H2,1-3H3. The van der Waals surface area contributed by atoms with Crippen molar-refractivity contribution < 1.29 is 27.8 Å². The lowest BCUT2D eigenvalue weighted by molar-refractivity contribution is -0.0605. The molecule has 0 aliphatic carbocycles. The molecule has 0 N–H and O–H groups in total. The molecule has 2 unspecified atom stereocenters. The minimum atomic E-state index is -3.04. The van der Waals surface area contributed by atoms with Crippen molar-refractivity contribution >= 4 is 5.91 Å². The van der Waals surface area contributed by atoms with Crippen LogP contribution in [0.1, 0.15) is 24.2 Å². The smallest absolute Gasteiger partial charge is 0.387 e. The Morgan fingerprint density at radius 1 is 1.32 bits per heavy atom. The number of hydrogen-bond acceptors (Lipinski definition) is 4. The van der Waals surface area contributed by atoms with Crippen LogP contribution in [0.4, 0.5) is 8.78 Å². The molecule has 0 radical (unpaired) electrons. The normalized spacial score (nSPS) is 21.8. The van der Waals surface area contributed by atoms with E-state index >= 15 is 0 Å². The van der Waals surface area contributed by atoms with Crippen LogP contribution in [0.5, 0.6) is 11.5 Å². The van der Waals surface area contributed by atoms with Crippen LogP contribution in [0.15, 0.2) is 18.2 Å². The zero-order chi connectivity index (χ0) is 16.3. The first-order valence-electron chi connectivity index (χ1n) is 6.99. The van der Waals surface area contributed by atoms with Crippen LogP contribution in [0.2, 0.25) is 0 Å². The molecule has 0 aromatic heterocycles. The third-order valence-corrected chi connectivity index (χ3v) is 3.34. The number of methoxy groups -OCH3 is 1. The lowest BCUT2D eigenvalue weighted by Gasteiger charge is -2.35. The van der Waals surface area contributed by atoms with Crippen LogP contribution in [0, 0.1) is 0 Å². The summed E-state index contributed by atoms with van der Waals surface area (Å²) in [5.74, 6) is -0.520. The number of halogens is 2. The second kappa shape index (κ2) is 6.91. The quantitative estimate of drug-likeness (QED) is 0.857. The highest BCUT2D eigenvalue weighted by Gasteiger charge is 2.29. The summed E-state index contributed by atoms with van der Waals surface area (Å²) in [6.45, 7) is 1.48. The molecule has 1 aromatic rings. The summed E-state index contributed by atoms with van der Waals surface area (Å²) in [6, 6.07) is 4.49. The molecule has 0 saturated carbocycles. The number of carbonyl (C=O) groups is 1. The Morgan fingerprint density at radius 3 is 2.50 bits per heavy atom. The average Bonchev–Trinajstić information content (AvgIpc) is 2.45. The van der Waals surface area contributed by atoms with E-state index in [1.165, 1.54) is 19.2 Å². The molecule has 22 heavy (non-hydrogen) atoms. The molecule has 1 aliphatic rings. The van der Waals surface area contributed by atoms with Crippen LogP contribution in [0.3, 0.4) is 0 Å². The number of benzene rings is 1. The number of alkyl halides is 2. The van der Waals surface area contributed by atoms with Gasteiger partial charge in [-0.3, -0.25) is 4.79 Å². The maximum atomic E-state index is 12.7. The largest absolute Gasteiger partial charge is 0.493 e. The predicted octanol–water partition coefficient (Wildman–Crippen LogP) is 2.55. The van der Waals surface area contributed by atoms with Crippen LogP contribution in [-0.4, -0.2) is 49.8 Å². The van der Waals surface area contributed by atoms with E-state index in [2.05, 4.69) is 4.74 Å². The monoisotopic (exact) mass is 315 g/mol. The molecule has 1 fully saturated rings. The van der Waals surface area contributed by atoms with Crippen molar-refractivity contribution in [1.29, 1.82) is 0 Å². The van der Waals surface area contributed by atoms with Gasteiger partial charge in [-0.2, -0.15) is 8.78 Å². The summed E-state index contributed by atoms with van der Waals surface area (Å²) in [5, 5.41) is 0. The van der Waals surface area contributed by atoms with Gasteiger partial charge in [0.15, 0.2) is 11.5 Å². The van der Waals surface area contributed by atoms with Crippen molar-refractivity contribution in [3.05, 3.63) is 23.8 Å². The summed E-state index contributed by atoms with van der Waals surface area (Å²) in [5.41, 5.74) is 0.0564. The van der Waals surface area contributed by atoms with Crippen molar-refractivity contribution in [2.75, 3.05) is 20.2 Å². The highest BCUT2D eigenvalue weighted by atomic mass is 19.3. The molecule has 2 atom stereocenters. The van der Waals surface area contributed by atoms with E-state index < -0.39 is 6.61 Å². The van der Waals surface area contributed by atoms with Gasteiger partial charge in [0.25, 0.3) is 5.91 Å². The Bertz CT molecular complexity index is 528. The lowest BCUT2D eigenvalue weighted by Crippen LogP contribution is -2.48. The molecule has 0 bridgehead atoms. The summed E-state index contributed by atoms with van der Waals surface area (Å²) in [6.07, 6.45) is -0.226. The highest BCUT2D eigenvalue weighted by molar-refractivity contribution is 5.98. The number of nitrogens with zero attached hydrogens (tertiary/aromatic N) is 1. The van der Waals surface area contributed by atoms with Crippen molar-refractivity contribution in [3.8, 4) is 11.5 Å². The number of rotatable bonds is 4. The van der Waals surface area contributed by atoms with Crippen molar-refractivity contribution in [1.82, 2.24) is 4.90 Å². The van der Waals surface area contributed by atoms with Crippen molar-refractivity contribution in [3.63, 3.8) is 0 Å². The van der Waals surface area contributed by atoms with Crippen LogP contribution in [0.25, 0.3) is 0 Å². The van der Waals surface area contributed by atoms with E-state index in [0.717, 1.165) is 0 Å². The maximum absolute atomic E-state index is 12.7. The molecule has 1 saturated heterocycles. The van der Waals surface area contributed by atoms with Crippen molar-refractivity contribution in [2.24, 2.45) is 0 Å². The minimum absolute atomic E-state index is 0.0564. The van der Waals surface area contributed by atoms with E-state index in [0.29, 0.717) is 13.1 Å². The van der Waals surface area contributed by atoms with Gasteiger partial charge in [0, 0.05) is 13.1 Å². The maximum Gasteiger partial charge on any atom is 0.387 e. The van der Waals surface area contributed by atoms with E-state index in [1.54, 1.807) is 11.0 Å². The van der Waals surface area contributed by atoms with E-state index in [1.807, 2.05) is 13.8 Å². The molecular weight excluding hydrogens is 296 g/mol. The average molecular weight is 315 g/mol. The number of carbonyl (C=O) groups excluding carboxylic acids is 1. The molecule has 1 aromatic carbocycles. The van der Waals surface area contributed by atoms with Gasteiger partial charge in [-0.25, -0.2) is 0 Å². The van der Waals surface area contributed by atoms with Gasteiger partial charge >= 0.3 is 6.61 Å². The third kappa shape index (κ3) is 3.65. The second-order valence-electron chi connectivity index (χ2n) is 5.18. The van der Waals surface area contributed by atoms with Gasteiger partial charge in [0.05, 0.1) is 24.9 Å². The van der Waals surface area contributed by atoms with Gasteiger partial charge in [0.2, 0.25) is 0 Å². The van der Waals surface area contributed by atoms with Gasteiger partial charge in [0.1, 0.15) is 0 Å². The van der Waals surface area contributed by atoms with E-state index in [-0.39, 0.29) is 35.2 Å². The van der Waals surface area contributed by atoms with Crippen molar-refractivity contribution in [2.45, 2.75) is 32.7 Å². The highest BCUT2D eigenvalue weighted by Crippen LogP contribution is 2.33. The van der Waals surface area contributed by atoms with Gasteiger partial charge in [-0.1, -0.05) is 6.07 Å². The number of hydrogen-bond donors (Lipinski definition) is 0. The first-order chi connectivity index (χ1) is 10.4. The Morgan fingerprint density at radius 2 is 1.95 bits per heavy atom. The van der Waals surface area contributed by atoms with Gasteiger partial charge in [-0.15, -0.1) is 0 Å². The number of para-hydroxylation sites is 1. The molecular formula is C15H19F2NO4. The minimum Gasteiger partial charge on any atom is -0.493 e. The summed E-state index contributed by atoms with van der Waals surface area (Å²) < 4.78 is 40.3. The summed E-state index contributed by atoms with van der Waals surface area (Å²) in [7, 11) is 1.33. The fraction of sp³-hybridized carbons (Fsp3) is 0.533. The van der Waals surface area contributed by atoms with Gasteiger partial charge < -0.3 is 19.1 Å². The van der Waals surface area contributed by atoms with E-state index in [9.17, 15) is 13.6 Å². The fourth-order valence-electron chi connectivity index (χ4n) is 2.57. The lowest BCUT2D eigenvalue weighted by atomic mass is 10.1. The molecule has 5 nitrogen and oxygen atoms in total. The fourth-order valence-corrected chi connectivity index (χ4v) is 2.57. The number of amides is 1. The molecule has 1 aliphatic heterocycles. The molecule has 1 amide bonds. The molecule has 1 heterocycles. The summed E-state index contributed by atoms with van der Waals surface area (Å²) >= 11 is 0. The predicted molar refractivity (Wildman–Crippen MR) is 75.5 cm³/mol. The molecule has 122 valence electrons. The SMILES string of the molecule is COc1cccc(C(=O)N2CC(C)OC(C)C2)c1OC(F)F. The van der Waals surface area contributed by atoms with Gasteiger partial charge in [-0.05, 0) is 26.0 Å². The topological polar surface area (TPSA) is 48.0 Å². The molecule has 7 heteroatoms. The van der Waals surface area contributed by atoms with Crippen LogP contribution in [-0.2, 0) is 4.74 Å². The molecule has 0 spiro atoms. The number of ether oxygens (including phenoxy) is 3. The van der Waals surface area contributed by atoms with E-state index in [4.69, 9.17) is 9.47 Å². The number of morpholine rings is 1. The second-order valence-corrected chi connectivity index (χ2v) is 5.18. The Balaban J connectivity index is 2.32. The Kier molecular flexibility index (Phi) is 5.18.